The van der Waals surface area contributed by atoms with E-state index in [-0.39, 0.29) is 11.5 Å². The quantitative estimate of drug-likeness (QED) is 0.640. The number of hydrogen-bond acceptors (Lipinski definition) is 4. The standard InChI is InChI=1S/C21H19F3N4O2/c22-21(23,24)16-10-27-28(12-16)19-7-18(13-4-2-1-3-5-13)26-11-17(19)14-6-15(20(29)30)9-25-8-14/h6-13H,1-5H2,(H,29,30). The Morgan fingerprint density at radius 3 is 2.50 bits per heavy atom. The van der Waals surface area contributed by atoms with Gasteiger partial charge in [0.25, 0.3) is 0 Å². The summed E-state index contributed by atoms with van der Waals surface area (Å²) in [4.78, 5) is 19.8. The summed E-state index contributed by atoms with van der Waals surface area (Å²) in [6, 6.07) is 3.18. The van der Waals surface area contributed by atoms with Crippen LogP contribution in [0.15, 0.2) is 43.1 Å². The molecule has 0 amide bonds. The number of carboxylic acids is 1. The van der Waals surface area contributed by atoms with Crippen molar-refractivity contribution in [2.45, 2.75) is 44.2 Å². The molecule has 3 aromatic rings. The molecule has 0 aliphatic heterocycles. The average molecular weight is 416 g/mol. The molecule has 0 saturated heterocycles. The summed E-state index contributed by atoms with van der Waals surface area (Å²) in [7, 11) is 0. The molecule has 1 fully saturated rings. The number of halogens is 3. The van der Waals surface area contributed by atoms with Crippen molar-refractivity contribution >= 4 is 5.97 Å². The summed E-state index contributed by atoms with van der Waals surface area (Å²) in [5.74, 6) is -0.899. The fraction of sp³-hybridized carbons (Fsp3) is 0.333. The fourth-order valence-electron chi connectivity index (χ4n) is 3.80. The van der Waals surface area contributed by atoms with E-state index in [2.05, 4.69) is 15.1 Å². The molecular weight excluding hydrogens is 397 g/mol. The van der Waals surface area contributed by atoms with Crippen molar-refractivity contribution in [3.05, 3.63) is 59.9 Å². The second-order valence-electron chi connectivity index (χ2n) is 7.40. The van der Waals surface area contributed by atoms with E-state index in [1.807, 2.05) is 0 Å². The van der Waals surface area contributed by atoms with Gasteiger partial charge < -0.3 is 5.11 Å². The van der Waals surface area contributed by atoms with Crippen LogP contribution in [0.5, 0.6) is 0 Å². The van der Waals surface area contributed by atoms with Gasteiger partial charge in [0.2, 0.25) is 0 Å². The highest BCUT2D eigenvalue weighted by Crippen LogP contribution is 2.36. The van der Waals surface area contributed by atoms with Gasteiger partial charge in [-0.2, -0.15) is 18.3 Å². The molecule has 0 aromatic carbocycles. The fourth-order valence-corrected chi connectivity index (χ4v) is 3.80. The Morgan fingerprint density at radius 1 is 1.07 bits per heavy atom. The summed E-state index contributed by atoms with van der Waals surface area (Å²) < 4.78 is 40.5. The molecule has 30 heavy (non-hydrogen) atoms. The zero-order chi connectivity index (χ0) is 21.3. The SMILES string of the molecule is O=C(O)c1cncc(-c2cnc(C3CCCCC3)cc2-n2cc(C(F)(F)F)cn2)c1. The molecule has 156 valence electrons. The van der Waals surface area contributed by atoms with E-state index >= 15 is 0 Å². The minimum absolute atomic E-state index is 0.0220. The first-order chi connectivity index (χ1) is 14.3. The molecular formula is C21H19F3N4O2. The first kappa shape index (κ1) is 20.1. The van der Waals surface area contributed by atoms with Gasteiger partial charge in [-0.15, -0.1) is 0 Å². The Labute approximate surface area is 170 Å². The van der Waals surface area contributed by atoms with Crippen molar-refractivity contribution in [1.29, 1.82) is 0 Å². The number of hydrogen-bond donors (Lipinski definition) is 1. The van der Waals surface area contributed by atoms with E-state index in [0.717, 1.165) is 43.8 Å². The normalized spacial score (nSPS) is 15.3. The van der Waals surface area contributed by atoms with Gasteiger partial charge in [-0.1, -0.05) is 19.3 Å². The Hall–Kier alpha value is -3.23. The zero-order valence-electron chi connectivity index (χ0n) is 15.9. The topological polar surface area (TPSA) is 80.9 Å². The lowest BCUT2D eigenvalue weighted by Crippen LogP contribution is -2.09. The molecule has 3 heterocycles. The summed E-state index contributed by atoms with van der Waals surface area (Å²) in [6.07, 6.45) is 6.74. The average Bonchev–Trinajstić information content (AvgIpc) is 3.25. The van der Waals surface area contributed by atoms with E-state index in [0.29, 0.717) is 16.8 Å². The van der Waals surface area contributed by atoms with Crippen LogP contribution in [0.2, 0.25) is 0 Å². The van der Waals surface area contributed by atoms with Crippen molar-refractivity contribution in [2.75, 3.05) is 0 Å². The number of carbonyl (C=O) groups is 1. The van der Waals surface area contributed by atoms with Gasteiger partial charge in [-0.3, -0.25) is 9.97 Å². The Kier molecular flexibility index (Phi) is 5.27. The third-order valence-electron chi connectivity index (χ3n) is 5.38. The van der Waals surface area contributed by atoms with E-state index < -0.39 is 17.7 Å². The van der Waals surface area contributed by atoms with Crippen LogP contribution in [0, 0.1) is 0 Å². The minimum atomic E-state index is -4.51. The van der Waals surface area contributed by atoms with Crippen LogP contribution in [0.4, 0.5) is 13.2 Å². The molecule has 0 unspecified atom stereocenters. The predicted molar refractivity (Wildman–Crippen MR) is 102 cm³/mol. The highest BCUT2D eigenvalue weighted by molar-refractivity contribution is 5.89. The highest BCUT2D eigenvalue weighted by atomic mass is 19.4. The highest BCUT2D eigenvalue weighted by Gasteiger charge is 2.32. The maximum absolute atomic E-state index is 13.1. The molecule has 9 heteroatoms. The molecule has 0 atom stereocenters. The van der Waals surface area contributed by atoms with Gasteiger partial charge >= 0.3 is 12.1 Å². The van der Waals surface area contributed by atoms with Gasteiger partial charge in [-0.25, -0.2) is 9.48 Å². The van der Waals surface area contributed by atoms with Gasteiger partial charge in [0.15, 0.2) is 0 Å². The first-order valence-electron chi connectivity index (χ1n) is 9.64. The number of rotatable bonds is 4. The zero-order valence-corrected chi connectivity index (χ0v) is 15.9. The van der Waals surface area contributed by atoms with E-state index in [9.17, 15) is 23.1 Å². The van der Waals surface area contributed by atoms with Gasteiger partial charge in [0, 0.05) is 47.5 Å². The van der Waals surface area contributed by atoms with E-state index in [1.54, 1.807) is 12.3 Å². The third-order valence-corrected chi connectivity index (χ3v) is 5.38. The van der Waals surface area contributed by atoms with Crippen LogP contribution in [-0.4, -0.2) is 30.8 Å². The first-order valence-corrected chi connectivity index (χ1v) is 9.64. The lowest BCUT2D eigenvalue weighted by molar-refractivity contribution is -0.137. The Balaban J connectivity index is 1.84. The van der Waals surface area contributed by atoms with Crippen molar-refractivity contribution in [1.82, 2.24) is 19.7 Å². The van der Waals surface area contributed by atoms with Crippen LogP contribution in [0.3, 0.4) is 0 Å². The Bertz CT molecular complexity index is 1070. The van der Waals surface area contributed by atoms with E-state index in [1.165, 1.54) is 29.6 Å². The molecule has 6 nitrogen and oxygen atoms in total. The molecule has 1 N–H and O–H groups in total. The number of alkyl halides is 3. The predicted octanol–water partition coefficient (Wildman–Crippen LogP) is 5.09. The van der Waals surface area contributed by atoms with Gasteiger partial charge in [-0.05, 0) is 25.0 Å². The summed E-state index contributed by atoms with van der Waals surface area (Å²) >= 11 is 0. The molecule has 0 spiro atoms. The summed E-state index contributed by atoms with van der Waals surface area (Å²) in [5.41, 5.74) is 1.23. The van der Waals surface area contributed by atoms with Gasteiger partial charge in [0.1, 0.15) is 0 Å². The maximum Gasteiger partial charge on any atom is 0.419 e. The van der Waals surface area contributed by atoms with Crippen molar-refractivity contribution in [3.8, 4) is 16.8 Å². The van der Waals surface area contributed by atoms with Crippen molar-refractivity contribution in [2.24, 2.45) is 0 Å². The number of aromatic nitrogens is 4. The number of pyridine rings is 2. The molecule has 1 aliphatic rings. The second-order valence-corrected chi connectivity index (χ2v) is 7.40. The summed E-state index contributed by atoms with van der Waals surface area (Å²) in [5, 5.41) is 13.2. The maximum atomic E-state index is 13.1. The number of carboxylic acid groups (broad SMARTS) is 1. The van der Waals surface area contributed by atoms with Crippen molar-refractivity contribution in [3.63, 3.8) is 0 Å². The lowest BCUT2D eigenvalue weighted by Gasteiger charge is -2.22. The van der Waals surface area contributed by atoms with Crippen molar-refractivity contribution < 1.29 is 23.1 Å². The number of nitrogens with zero attached hydrogens (tertiary/aromatic N) is 4. The van der Waals surface area contributed by atoms with Crippen LogP contribution >= 0.6 is 0 Å². The largest absolute Gasteiger partial charge is 0.478 e. The summed E-state index contributed by atoms with van der Waals surface area (Å²) in [6.45, 7) is 0. The molecule has 3 aromatic heterocycles. The molecule has 1 saturated carbocycles. The van der Waals surface area contributed by atoms with Crippen LogP contribution in [0.1, 0.15) is 59.6 Å². The van der Waals surface area contributed by atoms with Gasteiger partial charge in [0.05, 0.1) is 23.0 Å². The van der Waals surface area contributed by atoms with Crippen LogP contribution in [0.25, 0.3) is 16.8 Å². The second kappa shape index (κ2) is 7.89. The lowest BCUT2D eigenvalue weighted by atomic mass is 9.86. The van der Waals surface area contributed by atoms with Crippen LogP contribution < -0.4 is 0 Å². The van der Waals surface area contributed by atoms with E-state index in [4.69, 9.17) is 0 Å². The molecule has 1 aliphatic carbocycles. The van der Waals surface area contributed by atoms with Crippen LogP contribution in [-0.2, 0) is 6.18 Å². The molecule has 0 radical (unpaired) electrons. The smallest absolute Gasteiger partial charge is 0.419 e. The minimum Gasteiger partial charge on any atom is -0.478 e. The third kappa shape index (κ3) is 4.05. The Morgan fingerprint density at radius 2 is 1.83 bits per heavy atom. The number of aromatic carboxylic acids is 1. The monoisotopic (exact) mass is 416 g/mol. The molecule has 0 bridgehead atoms. The molecule has 4 rings (SSSR count).